The average Bonchev–Trinajstić information content (AvgIpc) is 3.65. The number of hydrogen-bond acceptors (Lipinski definition) is 5. The Morgan fingerprint density at radius 2 is 1.41 bits per heavy atom. The fourth-order valence-corrected chi connectivity index (χ4v) is 6.59. The van der Waals surface area contributed by atoms with E-state index in [9.17, 15) is 4.79 Å². The topological polar surface area (TPSA) is 48.1 Å². The van der Waals surface area contributed by atoms with Crippen molar-refractivity contribution in [3.8, 4) is 0 Å². The standard InChI is InChI=1S/C24H35N3O2.C4H9N/c28-23-24(11-16-26(17-12-24)21-8-18-29-19-9-21)10-3-15-27(23)22-6-4-20(5-7-22)25-13-1-2-14-25;1-2-4-5-3-1/h4-7,21H,1-3,8-19H2;5H,1-4H2. The normalized spacial score (nSPS) is 26.1. The van der Waals surface area contributed by atoms with Crippen LogP contribution in [0.2, 0.25) is 0 Å². The number of benzene rings is 1. The van der Waals surface area contributed by atoms with Gasteiger partial charge in [0, 0.05) is 50.3 Å². The third-order valence-electron chi connectivity index (χ3n) is 8.79. The molecule has 0 saturated carbocycles. The number of carbonyl (C=O) groups is 1. The predicted octanol–water partition coefficient (Wildman–Crippen LogP) is 4.04. The molecular weight excluding hydrogens is 424 g/mol. The van der Waals surface area contributed by atoms with Gasteiger partial charge >= 0.3 is 0 Å². The minimum Gasteiger partial charge on any atom is -0.381 e. The van der Waals surface area contributed by atoms with Gasteiger partial charge in [0.2, 0.25) is 5.91 Å². The number of anilines is 2. The molecule has 1 spiro atoms. The summed E-state index contributed by atoms with van der Waals surface area (Å²) in [5.41, 5.74) is 2.26. The summed E-state index contributed by atoms with van der Waals surface area (Å²) in [5.74, 6) is 0.379. The third kappa shape index (κ3) is 5.44. The molecule has 1 amide bonds. The number of nitrogens with one attached hydrogen (secondary N) is 1. The Morgan fingerprint density at radius 3 is 2.03 bits per heavy atom. The smallest absolute Gasteiger partial charge is 0.233 e. The lowest BCUT2D eigenvalue weighted by Gasteiger charge is -2.48. The highest BCUT2D eigenvalue weighted by molar-refractivity contribution is 5.98. The van der Waals surface area contributed by atoms with Crippen LogP contribution in [0.15, 0.2) is 24.3 Å². The molecule has 0 atom stereocenters. The summed E-state index contributed by atoms with van der Waals surface area (Å²) in [5, 5.41) is 3.22. The molecule has 5 fully saturated rings. The van der Waals surface area contributed by atoms with Crippen LogP contribution in [0.3, 0.4) is 0 Å². The second kappa shape index (κ2) is 11.4. The average molecular weight is 469 g/mol. The van der Waals surface area contributed by atoms with Gasteiger partial charge in [-0.15, -0.1) is 0 Å². The van der Waals surface area contributed by atoms with E-state index in [0.717, 1.165) is 90.1 Å². The second-order valence-electron chi connectivity index (χ2n) is 10.9. The second-order valence-corrected chi connectivity index (χ2v) is 10.9. The molecule has 1 N–H and O–H groups in total. The molecule has 0 aromatic heterocycles. The van der Waals surface area contributed by atoms with Crippen LogP contribution in [0.25, 0.3) is 0 Å². The molecule has 34 heavy (non-hydrogen) atoms. The molecule has 5 aliphatic rings. The first kappa shape index (κ1) is 24.1. The molecule has 188 valence electrons. The van der Waals surface area contributed by atoms with Crippen molar-refractivity contribution in [3.05, 3.63) is 24.3 Å². The van der Waals surface area contributed by atoms with Gasteiger partial charge in [-0.05, 0) is 115 Å². The fourth-order valence-electron chi connectivity index (χ4n) is 6.59. The number of carbonyl (C=O) groups excluding carboxylic acids is 1. The first-order chi connectivity index (χ1) is 16.8. The number of ether oxygens (including phenoxy) is 1. The first-order valence-electron chi connectivity index (χ1n) is 13.9. The monoisotopic (exact) mass is 468 g/mol. The predicted molar refractivity (Wildman–Crippen MR) is 139 cm³/mol. The molecule has 6 heteroatoms. The molecule has 1 aromatic carbocycles. The van der Waals surface area contributed by atoms with E-state index in [2.05, 4.69) is 44.3 Å². The van der Waals surface area contributed by atoms with E-state index in [-0.39, 0.29) is 5.41 Å². The molecule has 5 aliphatic heterocycles. The van der Waals surface area contributed by atoms with E-state index in [4.69, 9.17) is 4.74 Å². The highest BCUT2D eigenvalue weighted by Gasteiger charge is 2.46. The highest BCUT2D eigenvalue weighted by atomic mass is 16.5. The first-order valence-corrected chi connectivity index (χ1v) is 13.9. The molecule has 6 rings (SSSR count). The van der Waals surface area contributed by atoms with Gasteiger partial charge in [0.1, 0.15) is 0 Å². The van der Waals surface area contributed by atoms with E-state index >= 15 is 0 Å². The maximum atomic E-state index is 13.6. The number of hydrogen-bond donors (Lipinski definition) is 1. The summed E-state index contributed by atoms with van der Waals surface area (Å²) in [4.78, 5) is 20.8. The maximum Gasteiger partial charge on any atom is 0.233 e. The van der Waals surface area contributed by atoms with Crippen molar-refractivity contribution in [3.63, 3.8) is 0 Å². The summed E-state index contributed by atoms with van der Waals surface area (Å²) in [6.45, 7) is 9.62. The van der Waals surface area contributed by atoms with Gasteiger partial charge in [0.15, 0.2) is 0 Å². The lowest BCUT2D eigenvalue weighted by atomic mass is 9.71. The van der Waals surface area contributed by atoms with Crippen molar-refractivity contribution in [2.75, 3.05) is 68.8 Å². The number of amides is 1. The van der Waals surface area contributed by atoms with Crippen molar-refractivity contribution in [1.29, 1.82) is 0 Å². The maximum absolute atomic E-state index is 13.6. The van der Waals surface area contributed by atoms with Crippen molar-refractivity contribution in [1.82, 2.24) is 10.2 Å². The van der Waals surface area contributed by atoms with Gasteiger partial charge in [-0.3, -0.25) is 4.79 Å². The van der Waals surface area contributed by atoms with Gasteiger partial charge in [0.25, 0.3) is 0 Å². The van der Waals surface area contributed by atoms with E-state index in [1.54, 1.807) is 0 Å². The Hall–Kier alpha value is -1.63. The lowest BCUT2D eigenvalue weighted by Crippen LogP contribution is -2.55. The number of rotatable bonds is 3. The van der Waals surface area contributed by atoms with Gasteiger partial charge in [0.05, 0.1) is 5.41 Å². The van der Waals surface area contributed by atoms with Crippen molar-refractivity contribution < 1.29 is 9.53 Å². The summed E-state index contributed by atoms with van der Waals surface area (Å²) in [6, 6.07) is 9.42. The van der Waals surface area contributed by atoms with Crippen LogP contribution in [-0.4, -0.2) is 75.9 Å². The highest BCUT2D eigenvalue weighted by Crippen LogP contribution is 2.43. The van der Waals surface area contributed by atoms with Crippen molar-refractivity contribution >= 4 is 17.3 Å². The molecule has 5 heterocycles. The quantitative estimate of drug-likeness (QED) is 0.725. The van der Waals surface area contributed by atoms with E-state index in [1.165, 1.54) is 44.5 Å². The summed E-state index contributed by atoms with van der Waals surface area (Å²) in [7, 11) is 0. The Balaban J connectivity index is 0.000000429. The van der Waals surface area contributed by atoms with Gasteiger partial charge in [-0.1, -0.05) is 0 Å². The Bertz CT molecular complexity index is 766. The van der Waals surface area contributed by atoms with Crippen LogP contribution in [-0.2, 0) is 9.53 Å². The van der Waals surface area contributed by atoms with Crippen LogP contribution >= 0.6 is 0 Å². The minimum absolute atomic E-state index is 0.131. The molecule has 0 bridgehead atoms. The van der Waals surface area contributed by atoms with Gasteiger partial charge in [-0.2, -0.15) is 0 Å². The zero-order chi connectivity index (χ0) is 23.2. The number of piperidine rings is 2. The Kier molecular flexibility index (Phi) is 8.08. The van der Waals surface area contributed by atoms with Crippen molar-refractivity contribution in [2.45, 2.75) is 70.3 Å². The number of likely N-dealkylation sites (tertiary alicyclic amines) is 1. The van der Waals surface area contributed by atoms with Crippen LogP contribution in [0.1, 0.15) is 64.2 Å². The summed E-state index contributed by atoms with van der Waals surface area (Å²) in [6.07, 6.45) is 11.9. The Morgan fingerprint density at radius 1 is 0.765 bits per heavy atom. The van der Waals surface area contributed by atoms with Crippen LogP contribution in [0.5, 0.6) is 0 Å². The zero-order valence-corrected chi connectivity index (χ0v) is 21.0. The van der Waals surface area contributed by atoms with Crippen LogP contribution in [0, 0.1) is 5.41 Å². The fraction of sp³-hybridized carbons (Fsp3) is 0.750. The lowest BCUT2D eigenvalue weighted by molar-refractivity contribution is -0.134. The van der Waals surface area contributed by atoms with E-state index in [0.29, 0.717) is 11.9 Å². The summed E-state index contributed by atoms with van der Waals surface area (Å²) >= 11 is 0. The minimum atomic E-state index is -0.131. The molecule has 0 radical (unpaired) electrons. The van der Waals surface area contributed by atoms with Crippen LogP contribution < -0.4 is 15.1 Å². The molecule has 1 aromatic rings. The largest absolute Gasteiger partial charge is 0.381 e. The molecule has 5 saturated heterocycles. The van der Waals surface area contributed by atoms with Crippen LogP contribution in [0.4, 0.5) is 11.4 Å². The molecule has 6 nitrogen and oxygen atoms in total. The molecular formula is C28H44N4O2. The van der Waals surface area contributed by atoms with E-state index < -0.39 is 0 Å². The zero-order valence-electron chi connectivity index (χ0n) is 21.0. The summed E-state index contributed by atoms with van der Waals surface area (Å²) < 4.78 is 5.53. The van der Waals surface area contributed by atoms with Gasteiger partial charge < -0.3 is 24.8 Å². The SMILES string of the molecule is C1CCNC1.O=C1N(c2ccc(N3CCCC3)cc2)CCCC12CCN(C1CCOCC1)CC2. The molecule has 0 aliphatic carbocycles. The number of nitrogens with zero attached hydrogens (tertiary/aromatic N) is 3. The van der Waals surface area contributed by atoms with Crippen molar-refractivity contribution in [2.24, 2.45) is 5.41 Å². The molecule has 0 unspecified atom stereocenters. The third-order valence-corrected chi connectivity index (χ3v) is 8.79. The Labute approximate surface area is 206 Å². The van der Waals surface area contributed by atoms with Gasteiger partial charge in [-0.25, -0.2) is 0 Å². The van der Waals surface area contributed by atoms with E-state index in [1.807, 2.05) is 0 Å².